The predicted molar refractivity (Wildman–Crippen MR) is 139 cm³/mol. The van der Waals surface area contributed by atoms with Crippen LogP contribution in [0, 0.1) is 12.8 Å². The van der Waals surface area contributed by atoms with E-state index in [1.54, 1.807) is 19.3 Å². The summed E-state index contributed by atoms with van der Waals surface area (Å²) in [6, 6.07) is 7.66. The van der Waals surface area contributed by atoms with Crippen LogP contribution in [0.15, 0.2) is 36.7 Å². The number of fused-ring (bicyclic) bond motifs is 1. The molecule has 6 heteroatoms. The zero-order chi connectivity index (χ0) is 24.5. The standard InChI is InChI=1S/C28H40N4O2/c1-21(2)12-15-31-13-8-6-5-7-9-14-32(23(4)33)27-11-10-24(17-25(27)20-31)28(34)30-26-16-22(3)18-29-19-26/h10-11,16-19,21H,5-9,12-15,20H2,1-4H3,(H,30,34). The Morgan fingerprint density at radius 1 is 1.03 bits per heavy atom. The molecule has 0 saturated heterocycles. The average Bonchev–Trinajstić information content (AvgIpc) is 2.78. The number of hydrogen-bond acceptors (Lipinski definition) is 4. The molecule has 3 rings (SSSR count). The van der Waals surface area contributed by atoms with Crippen molar-refractivity contribution in [3.05, 3.63) is 53.3 Å². The van der Waals surface area contributed by atoms with E-state index in [4.69, 9.17) is 0 Å². The summed E-state index contributed by atoms with van der Waals surface area (Å²) in [6.45, 7) is 11.6. The van der Waals surface area contributed by atoms with Crippen molar-refractivity contribution in [1.82, 2.24) is 9.88 Å². The Morgan fingerprint density at radius 2 is 1.76 bits per heavy atom. The fraction of sp³-hybridized carbons (Fsp3) is 0.536. The van der Waals surface area contributed by atoms with Crippen LogP contribution < -0.4 is 10.2 Å². The molecule has 0 fully saturated rings. The van der Waals surface area contributed by atoms with Crippen LogP contribution in [-0.4, -0.2) is 41.3 Å². The second-order valence-electron chi connectivity index (χ2n) is 9.95. The summed E-state index contributed by atoms with van der Waals surface area (Å²) in [6.07, 6.45) is 10.3. The molecule has 0 atom stereocenters. The number of amides is 2. The van der Waals surface area contributed by atoms with Crippen LogP contribution in [-0.2, 0) is 11.3 Å². The van der Waals surface area contributed by atoms with Crippen LogP contribution in [0.4, 0.5) is 11.4 Å². The lowest BCUT2D eigenvalue weighted by molar-refractivity contribution is -0.116. The highest BCUT2D eigenvalue weighted by Gasteiger charge is 2.20. The minimum absolute atomic E-state index is 0.0510. The van der Waals surface area contributed by atoms with Crippen molar-refractivity contribution in [2.24, 2.45) is 5.92 Å². The number of nitrogens with one attached hydrogen (secondary N) is 1. The molecule has 0 radical (unpaired) electrons. The second kappa shape index (κ2) is 12.7. The van der Waals surface area contributed by atoms with E-state index >= 15 is 0 Å². The van der Waals surface area contributed by atoms with Gasteiger partial charge in [0.25, 0.3) is 5.91 Å². The first kappa shape index (κ1) is 25.9. The van der Waals surface area contributed by atoms with Crippen LogP contribution in [0.25, 0.3) is 0 Å². The van der Waals surface area contributed by atoms with E-state index in [2.05, 4.69) is 29.0 Å². The Morgan fingerprint density at radius 3 is 2.47 bits per heavy atom. The first-order valence-corrected chi connectivity index (χ1v) is 12.7. The van der Waals surface area contributed by atoms with Crippen molar-refractivity contribution in [2.45, 2.75) is 72.8 Å². The largest absolute Gasteiger partial charge is 0.321 e. The Balaban J connectivity index is 1.93. The van der Waals surface area contributed by atoms with Crippen molar-refractivity contribution in [3.8, 4) is 0 Å². The van der Waals surface area contributed by atoms with Gasteiger partial charge in [-0.15, -0.1) is 0 Å². The van der Waals surface area contributed by atoms with Crippen LogP contribution in [0.1, 0.15) is 80.8 Å². The molecule has 1 N–H and O–H groups in total. The minimum Gasteiger partial charge on any atom is -0.321 e. The third kappa shape index (κ3) is 7.66. The first-order valence-electron chi connectivity index (χ1n) is 12.7. The molecule has 2 heterocycles. The van der Waals surface area contributed by atoms with Crippen molar-refractivity contribution < 1.29 is 9.59 Å². The van der Waals surface area contributed by atoms with Gasteiger partial charge in [-0.25, -0.2) is 0 Å². The van der Waals surface area contributed by atoms with Gasteiger partial charge in [0, 0.05) is 37.5 Å². The smallest absolute Gasteiger partial charge is 0.255 e. The normalized spacial score (nSPS) is 15.9. The van der Waals surface area contributed by atoms with Gasteiger partial charge in [0.1, 0.15) is 0 Å². The molecule has 2 amide bonds. The van der Waals surface area contributed by atoms with Gasteiger partial charge in [0.05, 0.1) is 11.9 Å². The molecule has 2 aromatic rings. The summed E-state index contributed by atoms with van der Waals surface area (Å²) in [5, 5.41) is 2.96. The van der Waals surface area contributed by atoms with Crippen LogP contribution in [0.2, 0.25) is 0 Å². The molecule has 1 aliphatic heterocycles. The summed E-state index contributed by atoms with van der Waals surface area (Å²) < 4.78 is 0. The summed E-state index contributed by atoms with van der Waals surface area (Å²) in [5.74, 6) is 0.522. The van der Waals surface area contributed by atoms with E-state index in [0.29, 0.717) is 17.2 Å². The molecule has 1 aromatic heterocycles. The topological polar surface area (TPSA) is 65.5 Å². The van der Waals surface area contributed by atoms with Gasteiger partial charge in [-0.05, 0) is 80.6 Å². The average molecular weight is 465 g/mol. The highest BCUT2D eigenvalue weighted by molar-refractivity contribution is 6.05. The summed E-state index contributed by atoms with van der Waals surface area (Å²) in [7, 11) is 0. The summed E-state index contributed by atoms with van der Waals surface area (Å²) in [5.41, 5.74) is 4.24. The van der Waals surface area contributed by atoms with Gasteiger partial charge in [0.2, 0.25) is 5.91 Å². The first-order chi connectivity index (χ1) is 16.3. The second-order valence-corrected chi connectivity index (χ2v) is 9.95. The highest BCUT2D eigenvalue weighted by atomic mass is 16.2. The molecule has 6 nitrogen and oxygen atoms in total. The third-order valence-electron chi connectivity index (χ3n) is 6.42. The zero-order valence-corrected chi connectivity index (χ0v) is 21.3. The van der Waals surface area contributed by atoms with Gasteiger partial charge in [-0.3, -0.25) is 19.5 Å². The van der Waals surface area contributed by atoms with Crippen LogP contribution in [0.5, 0.6) is 0 Å². The highest BCUT2D eigenvalue weighted by Crippen LogP contribution is 2.27. The molecular formula is C28H40N4O2. The maximum atomic E-state index is 13.1. The van der Waals surface area contributed by atoms with E-state index in [0.717, 1.165) is 62.3 Å². The number of aromatic nitrogens is 1. The Labute approximate surface area is 204 Å². The maximum absolute atomic E-state index is 13.1. The van der Waals surface area contributed by atoms with E-state index < -0.39 is 0 Å². The van der Waals surface area contributed by atoms with E-state index in [-0.39, 0.29) is 11.8 Å². The lowest BCUT2D eigenvalue weighted by atomic mass is 10.0. The number of nitrogens with zero attached hydrogens (tertiary/aromatic N) is 3. The Bertz CT molecular complexity index is 973. The van der Waals surface area contributed by atoms with Gasteiger partial charge < -0.3 is 10.2 Å². The SMILES string of the molecule is CC(=O)N1CCCCCCCN(CCC(C)C)Cc2cc(C(=O)Nc3cncc(C)c3)ccc21. The third-order valence-corrected chi connectivity index (χ3v) is 6.42. The maximum Gasteiger partial charge on any atom is 0.255 e. The number of carbonyl (C=O) groups excluding carboxylic acids is 2. The molecule has 1 aromatic carbocycles. The number of pyridine rings is 1. The number of aryl methyl sites for hydroxylation is 1. The van der Waals surface area contributed by atoms with Gasteiger partial charge in [0.15, 0.2) is 0 Å². The quantitative estimate of drug-likeness (QED) is 0.607. The van der Waals surface area contributed by atoms with Gasteiger partial charge >= 0.3 is 0 Å². The molecule has 1 aliphatic rings. The number of anilines is 2. The number of rotatable bonds is 5. The van der Waals surface area contributed by atoms with E-state index in [1.165, 1.54) is 19.3 Å². The zero-order valence-electron chi connectivity index (χ0n) is 21.3. The Kier molecular flexibility index (Phi) is 9.63. The molecule has 0 bridgehead atoms. The van der Waals surface area contributed by atoms with Crippen molar-refractivity contribution in [2.75, 3.05) is 29.9 Å². The van der Waals surface area contributed by atoms with Crippen LogP contribution >= 0.6 is 0 Å². The van der Waals surface area contributed by atoms with Crippen LogP contribution in [0.3, 0.4) is 0 Å². The van der Waals surface area contributed by atoms with Gasteiger partial charge in [-0.1, -0.05) is 33.1 Å². The lowest BCUT2D eigenvalue weighted by Crippen LogP contribution is -2.33. The number of carbonyl (C=O) groups is 2. The van der Waals surface area contributed by atoms with Gasteiger partial charge in [-0.2, -0.15) is 0 Å². The molecule has 0 unspecified atom stereocenters. The Hall–Kier alpha value is -2.73. The summed E-state index contributed by atoms with van der Waals surface area (Å²) in [4.78, 5) is 34.2. The van der Waals surface area contributed by atoms with Crippen molar-refractivity contribution in [1.29, 1.82) is 0 Å². The van der Waals surface area contributed by atoms with Crippen molar-refractivity contribution in [3.63, 3.8) is 0 Å². The molecule has 184 valence electrons. The predicted octanol–water partition coefficient (Wildman–Crippen LogP) is 5.81. The molecule has 0 saturated carbocycles. The molecule has 0 spiro atoms. The minimum atomic E-state index is -0.163. The van der Waals surface area contributed by atoms with E-state index in [1.807, 2.05) is 36.1 Å². The summed E-state index contributed by atoms with van der Waals surface area (Å²) >= 11 is 0. The lowest BCUT2D eigenvalue weighted by Gasteiger charge is -2.29. The monoisotopic (exact) mass is 464 g/mol. The van der Waals surface area contributed by atoms with Crippen molar-refractivity contribution >= 4 is 23.2 Å². The molecular weight excluding hydrogens is 424 g/mol. The van der Waals surface area contributed by atoms with E-state index in [9.17, 15) is 9.59 Å². The molecule has 0 aliphatic carbocycles. The number of benzene rings is 1. The fourth-order valence-corrected chi connectivity index (χ4v) is 4.48. The number of hydrogen-bond donors (Lipinski definition) is 1. The molecule has 34 heavy (non-hydrogen) atoms. The fourth-order valence-electron chi connectivity index (χ4n) is 4.48.